The van der Waals surface area contributed by atoms with Gasteiger partial charge in [0, 0.05) is 5.56 Å². The van der Waals surface area contributed by atoms with E-state index in [0.29, 0.717) is 0 Å². The van der Waals surface area contributed by atoms with Crippen molar-refractivity contribution < 1.29 is 9.13 Å². The van der Waals surface area contributed by atoms with Crippen LogP contribution < -0.4 is 4.74 Å². The maximum Gasteiger partial charge on any atom is 0.124 e. The fraction of sp³-hybridized carbons (Fsp3) is 0.600. The number of benzene rings is 1. The third-order valence-corrected chi connectivity index (χ3v) is 4.12. The van der Waals surface area contributed by atoms with Crippen molar-refractivity contribution in [3.8, 4) is 5.75 Å². The van der Waals surface area contributed by atoms with Gasteiger partial charge >= 0.3 is 0 Å². The lowest BCUT2D eigenvalue weighted by molar-refractivity contribution is 0.129. The van der Waals surface area contributed by atoms with E-state index in [2.05, 4.69) is 6.92 Å². The Bertz CT molecular complexity index is 386. The molecule has 0 aliphatic heterocycles. The van der Waals surface area contributed by atoms with E-state index in [1.54, 1.807) is 6.07 Å². The molecule has 0 heterocycles. The van der Waals surface area contributed by atoms with Gasteiger partial charge in [-0.25, -0.2) is 4.39 Å². The van der Waals surface area contributed by atoms with E-state index in [-0.39, 0.29) is 17.8 Å². The van der Waals surface area contributed by atoms with Gasteiger partial charge < -0.3 is 4.74 Å². The van der Waals surface area contributed by atoms with Crippen LogP contribution in [-0.4, -0.2) is 6.10 Å². The maximum absolute atomic E-state index is 13.1. The zero-order valence-corrected chi connectivity index (χ0v) is 11.5. The molecule has 3 heteroatoms. The number of rotatable bonds is 4. The highest BCUT2D eigenvalue weighted by molar-refractivity contribution is 6.17. The Morgan fingerprint density at radius 1 is 1.28 bits per heavy atom. The highest BCUT2D eigenvalue weighted by Crippen LogP contribution is 2.31. The van der Waals surface area contributed by atoms with E-state index < -0.39 is 0 Å². The highest BCUT2D eigenvalue weighted by atomic mass is 35.5. The molecule has 100 valence electrons. The number of ether oxygens (including phenoxy) is 1. The zero-order valence-electron chi connectivity index (χ0n) is 10.8. The topological polar surface area (TPSA) is 9.23 Å². The lowest BCUT2D eigenvalue weighted by Crippen LogP contribution is -2.24. The summed E-state index contributed by atoms with van der Waals surface area (Å²) in [5.74, 6) is 1.63. The van der Waals surface area contributed by atoms with E-state index >= 15 is 0 Å². The summed E-state index contributed by atoms with van der Waals surface area (Å²) in [6, 6.07) is 4.59. The lowest BCUT2D eigenvalue weighted by atomic mass is 9.86. The molecule has 1 aliphatic rings. The van der Waals surface area contributed by atoms with Crippen LogP contribution in [0.15, 0.2) is 18.2 Å². The van der Waals surface area contributed by atoms with Gasteiger partial charge in [-0.2, -0.15) is 0 Å². The molecule has 1 aromatic carbocycles. The van der Waals surface area contributed by atoms with Crippen molar-refractivity contribution in [1.29, 1.82) is 0 Å². The number of halogens is 2. The normalized spacial score (nSPS) is 23.9. The predicted octanol–water partition coefficient (Wildman–Crippen LogP) is 4.91. The molecule has 0 unspecified atom stereocenters. The van der Waals surface area contributed by atoms with Gasteiger partial charge in [-0.1, -0.05) is 13.3 Å². The van der Waals surface area contributed by atoms with Crippen LogP contribution >= 0.6 is 11.6 Å². The van der Waals surface area contributed by atoms with Gasteiger partial charge in [0.25, 0.3) is 0 Å². The average Bonchev–Trinajstić information content (AvgIpc) is 2.41. The van der Waals surface area contributed by atoms with Crippen molar-refractivity contribution in [3.63, 3.8) is 0 Å². The van der Waals surface area contributed by atoms with Crippen LogP contribution in [0.3, 0.4) is 0 Å². The summed E-state index contributed by atoms with van der Waals surface area (Å²) in [7, 11) is 0. The Hall–Kier alpha value is -0.760. The molecule has 0 aromatic heterocycles. The lowest BCUT2D eigenvalue weighted by Gasteiger charge is -2.28. The molecule has 18 heavy (non-hydrogen) atoms. The molecule has 1 fully saturated rings. The average molecular weight is 271 g/mol. The summed E-state index contributed by atoms with van der Waals surface area (Å²) in [6.45, 7) is 2.25. The molecule has 0 saturated heterocycles. The van der Waals surface area contributed by atoms with Gasteiger partial charge in [-0.05, 0) is 49.8 Å². The van der Waals surface area contributed by atoms with Crippen LogP contribution in [0.1, 0.15) is 44.6 Å². The molecule has 0 N–H and O–H groups in total. The molecule has 1 saturated carbocycles. The first-order valence-corrected chi connectivity index (χ1v) is 7.27. The highest BCUT2D eigenvalue weighted by Gasteiger charge is 2.21. The Labute approximate surface area is 113 Å². The second-order valence-electron chi connectivity index (χ2n) is 5.05. The van der Waals surface area contributed by atoms with Crippen LogP contribution in [0.5, 0.6) is 5.75 Å². The number of hydrogen-bond acceptors (Lipinski definition) is 1. The monoisotopic (exact) mass is 270 g/mol. The van der Waals surface area contributed by atoms with E-state index in [4.69, 9.17) is 16.3 Å². The first-order chi connectivity index (χ1) is 8.72. The molecule has 0 bridgehead atoms. The SMILES string of the molecule is CCC1CCC(Oc2ccc(F)cc2CCl)CC1. The smallest absolute Gasteiger partial charge is 0.124 e. The van der Waals surface area contributed by atoms with Gasteiger partial charge in [0.1, 0.15) is 11.6 Å². The minimum atomic E-state index is -0.257. The van der Waals surface area contributed by atoms with Gasteiger partial charge in [-0.3, -0.25) is 0 Å². The largest absolute Gasteiger partial charge is 0.490 e. The number of alkyl halides is 1. The quantitative estimate of drug-likeness (QED) is 0.706. The summed E-state index contributed by atoms with van der Waals surface area (Å²) in [5.41, 5.74) is 0.745. The van der Waals surface area contributed by atoms with Crippen LogP contribution in [0.2, 0.25) is 0 Å². The van der Waals surface area contributed by atoms with E-state index in [1.807, 2.05) is 0 Å². The van der Waals surface area contributed by atoms with Crippen molar-refractivity contribution >= 4 is 11.6 Å². The second kappa shape index (κ2) is 6.42. The summed E-state index contributed by atoms with van der Waals surface area (Å²) >= 11 is 5.82. The summed E-state index contributed by atoms with van der Waals surface area (Å²) in [6.07, 6.45) is 6.18. The van der Waals surface area contributed by atoms with Crippen LogP contribution in [-0.2, 0) is 5.88 Å². The molecule has 0 radical (unpaired) electrons. The van der Waals surface area contributed by atoms with E-state index in [1.165, 1.54) is 31.4 Å². The van der Waals surface area contributed by atoms with Gasteiger partial charge in [-0.15, -0.1) is 11.6 Å². The Morgan fingerprint density at radius 3 is 2.61 bits per heavy atom. The molecule has 0 spiro atoms. The minimum Gasteiger partial charge on any atom is -0.490 e. The van der Waals surface area contributed by atoms with Crippen molar-refractivity contribution in [3.05, 3.63) is 29.6 Å². The van der Waals surface area contributed by atoms with Crippen LogP contribution in [0.4, 0.5) is 4.39 Å². The van der Waals surface area contributed by atoms with Crippen molar-refractivity contribution in [2.24, 2.45) is 5.92 Å². The van der Waals surface area contributed by atoms with Gasteiger partial charge in [0.05, 0.1) is 12.0 Å². The third-order valence-electron chi connectivity index (χ3n) is 3.83. The number of hydrogen-bond donors (Lipinski definition) is 0. The predicted molar refractivity (Wildman–Crippen MR) is 72.6 cm³/mol. The van der Waals surface area contributed by atoms with Gasteiger partial charge in [0.15, 0.2) is 0 Å². The Balaban J connectivity index is 1.97. The van der Waals surface area contributed by atoms with Crippen LogP contribution in [0.25, 0.3) is 0 Å². The molecule has 0 amide bonds. The Morgan fingerprint density at radius 2 is 2.00 bits per heavy atom. The summed E-state index contributed by atoms with van der Waals surface area (Å²) in [4.78, 5) is 0. The van der Waals surface area contributed by atoms with E-state index in [9.17, 15) is 4.39 Å². The fourth-order valence-electron chi connectivity index (χ4n) is 2.60. The summed E-state index contributed by atoms with van der Waals surface area (Å²) in [5, 5.41) is 0. The maximum atomic E-state index is 13.1. The molecule has 1 aliphatic carbocycles. The first kappa shape index (κ1) is 13.7. The molecule has 2 rings (SSSR count). The fourth-order valence-corrected chi connectivity index (χ4v) is 2.81. The minimum absolute atomic E-state index is 0.257. The van der Waals surface area contributed by atoms with Crippen molar-refractivity contribution in [2.75, 3.05) is 0 Å². The van der Waals surface area contributed by atoms with Gasteiger partial charge in [0.2, 0.25) is 0 Å². The second-order valence-corrected chi connectivity index (χ2v) is 5.32. The van der Waals surface area contributed by atoms with Crippen LogP contribution in [0, 0.1) is 11.7 Å². The summed E-state index contributed by atoms with van der Waals surface area (Å²) < 4.78 is 19.1. The molecule has 1 nitrogen and oxygen atoms in total. The van der Waals surface area contributed by atoms with E-state index in [0.717, 1.165) is 30.1 Å². The Kier molecular flexibility index (Phi) is 4.87. The third kappa shape index (κ3) is 3.38. The molecule has 1 aromatic rings. The first-order valence-electron chi connectivity index (χ1n) is 6.74. The molecule has 0 atom stereocenters. The van der Waals surface area contributed by atoms with Crippen molar-refractivity contribution in [1.82, 2.24) is 0 Å². The standard InChI is InChI=1S/C15H20ClFO/c1-2-11-3-6-14(7-4-11)18-15-8-5-13(17)9-12(15)10-16/h5,8-9,11,14H,2-4,6-7,10H2,1H3. The zero-order chi connectivity index (χ0) is 13.0. The van der Waals surface area contributed by atoms with Crippen molar-refractivity contribution in [2.45, 2.75) is 51.0 Å². The molecular formula is C15H20ClFO. The molecular weight excluding hydrogens is 251 g/mol.